The van der Waals surface area contributed by atoms with Crippen LogP contribution in [0.15, 0.2) is 12.1 Å². The zero-order chi connectivity index (χ0) is 12.3. The number of aromatic nitrogens is 1. The molecule has 0 unspecified atom stereocenters. The van der Waals surface area contributed by atoms with E-state index in [1.807, 2.05) is 0 Å². The zero-order valence-corrected chi connectivity index (χ0v) is 11.1. The summed E-state index contributed by atoms with van der Waals surface area (Å²) in [4.78, 5) is 4.60. The predicted molar refractivity (Wildman–Crippen MR) is 72.2 cm³/mol. The molecule has 1 aliphatic rings. The van der Waals surface area contributed by atoms with Gasteiger partial charge in [0.25, 0.3) is 0 Å². The molecule has 1 aliphatic carbocycles. The predicted octanol–water partition coefficient (Wildman–Crippen LogP) is 2.71. The van der Waals surface area contributed by atoms with E-state index in [-0.39, 0.29) is 0 Å². The first-order chi connectivity index (χ1) is 8.15. The van der Waals surface area contributed by atoms with Gasteiger partial charge in [-0.1, -0.05) is 19.9 Å². The summed E-state index contributed by atoms with van der Waals surface area (Å²) in [6.45, 7) is 8.51. The van der Waals surface area contributed by atoms with Gasteiger partial charge in [-0.15, -0.1) is 0 Å². The molecule has 0 atom stereocenters. The first kappa shape index (κ1) is 12.4. The van der Waals surface area contributed by atoms with Crippen molar-refractivity contribution in [2.45, 2.75) is 46.2 Å². The Balaban J connectivity index is 1.88. The number of nitrogens with zero attached hydrogens (tertiary/aromatic N) is 1. The molecule has 1 aromatic heterocycles. The van der Waals surface area contributed by atoms with Crippen LogP contribution in [-0.2, 0) is 6.54 Å². The van der Waals surface area contributed by atoms with Gasteiger partial charge in [-0.3, -0.25) is 0 Å². The third-order valence-corrected chi connectivity index (χ3v) is 2.99. The second kappa shape index (κ2) is 5.50. The monoisotopic (exact) mass is 233 g/mol. The number of hydrogen-bond donors (Lipinski definition) is 2. The minimum Gasteiger partial charge on any atom is -0.367 e. The summed E-state index contributed by atoms with van der Waals surface area (Å²) in [5.41, 5.74) is 2.43. The summed E-state index contributed by atoms with van der Waals surface area (Å²) in [6, 6.07) is 4.95. The Hall–Kier alpha value is -1.09. The summed E-state index contributed by atoms with van der Waals surface area (Å²) in [5.74, 6) is 1.72. The van der Waals surface area contributed by atoms with Gasteiger partial charge in [-0.2, -0.15) is 0 Å². The van der Waals surface area contributed by atoms with E-state index in [4.69, 9.17) is 0 Å². The molecule has 17 heavy (non-hydrogen) atoms. The molecule has 0 aromatic carbocycles. The van der Waals surface area contributed by atoms with Crippen molar-refractivity contribution in [3.63, 3.8) is 0 Å². The Morgan fingerprint density at radius 1 is 1.35 bits per heavy atom. The van der Waals surface area contributed by atoms with Crippen molar-refractivity contribution < 1.29 is 0 Å². The van der Waals surface area contributed by atoms with Crippen molar-refractivity contribution in [1.82, 2.24) is 10.3 Å². The van der Waals surface area contributed by atoms with E-state index in [0.717, 1.165) is 24.6 Å². The maximum atomic E-state index is 4.60. The third-order valence-electron chi connectivity index (χ3n) is 2.99. The quantitative estimate of drug-likeness (QED) is 0.793. The van der Waals surface area contributed by atoms with Crippen LogP contribution in [0.2, 0.25) is 0 Å². The average Bonchev–Trinajstić information content (AvgIpc) is 3.05. The molecule has 0 spiro atoms. The van der Waals surface area contributed by atoms with E-state index in [1.165, 1.54) is 18.4 Å². The fourth-order valence-electron chi connectivity index (χ4n) is 1.79. The minimum atomic E-state index is 0.673. The van der Waals surface area contributed by atoms with E-state index in [2.05, 4.69) is 48.5 Å². The molecule has 2 N–H and O–H groups in total. The summed E-state index contributed by atoms with van der Waals surface area (Å²) in [5, 5.41) is 6.88. The number of nitrogens with one attached hydrogen (secondary N) is 2. The van der Waals surface area contributed by atoms with E-state index >= 15 is 0 Å². The molecule has 1 fully saturated rings. The van der Waals surface area contributed by atoms with Crippen LogP contribution in [0.4, 0.5) is 5.82 Å². The number of anilines is 1. The van der Waals surface area contributed by atoms with E-state index in [0.29, 0.717) is 12.0 Å². The van der Waals surface area contributed by atoms with Crippen molar-refractivity contribution in [3.8, 4) is 0 Å². The molecule has 1 saturated carbocycles. The lowest BCUT2D eigenvalue weighted by Gasteiger charge is -2.11. The van der Waals surface area contributed by atoms with Gasteiger partial charge >= 0.3 is 0 Å². The molecular formula is C14H23N3. The molecule has 0 radical (unpaired) electrons. The van der Waals surface area contributed by atoms with Crippen molar-refractivity contribution in [2.75, 3.05) is 11.9 Å². The van der Waals surface area contributed by atoms with Crippen molar-refractivity contribution in [2.24, 2.45) is 5.92 Å². The number of rotatable bonds is 6. The summed E-state index contributed by atoms with van der Waals surface area (Å²) in [6.07, 6.45) is 2.58. The van der Waals surface area contributed by atoms with Crippen LogP contribution >= 0.6 is 0 Å². The lowest BCUT2D eigenvalue weighted by atomic mass is 10.2. The number of hydrogen-bond acceptors (Lipinski definition) is 3. The van der Waals surface area contributed by atoms with E-state index in [9.17, 15) is 0 Å². The molecular weight excluding hydrogens is 210 g/mol. The highest BCUT2D eigenvalue weighted by Crippen LogP contribution is 2.24. The topological polar surface area (TPSA) is 37.0 Å². The molecule has 94 valence electrons. The van der Waals surface area contributed by atoms with Gasteiger partial charge in [0.15, 0.2) is 0 Å². The number of aryl methyl sites for hydroxylation is 1. The maximum absolute atomic E-state index is 4.60. The first-order valence-electron chi connectivity index (χ1n) is 6.59. The maximum Gasteiger partial charge on any atom is 0.126 e. The second-order valence-electron chi connectivity index (χ2n) is 5.38. The van der Waals surface area contributed by atoms with E-state index < -0.39 is 0 Å². The second-order valence-corrected chi connectivity index (χ2v) is 5.38. The van der Waals surface area contributed by atoms with Crippen molar-refractivity contribution in [3.05, 3.63) is 23.4 Å². The molecule has 0 bridgehead atoms. The minimum absolute atomic E-state index is 0.673. The highest BCUT2D eigenvalue weighted by atomic mass is 15.0. The van der Waals surface area contributed by atoms with Crippen LogP contribution in [0, 0.1) is 12.8 Å². The van der Waals surface area contributed by atoms with Gasteiger partial charge in [0.2, 0.25) is 0 Å². The Morgan fingerprint density at radius 3 is 2.71 bits per heavy atom. The van der Waals surface area contributed by atoms with Gasteiger partial charge in [-0.05, 0) is 43.9 Å². The van der Waals surface area contributed by atoms with Crippen LogP contribution in [0.5, 0.6) is 0 Å². The average molecular weight is 233 g/mol. The Morgan fingerprint density at radius 2 is 2.12 bits per heavy atom. The molecule has 1 heterocycles. The van der Waals surface area contributed by atoms with Crippen molar-refractivity contribution in [1.29, 1.82) is 0 Å². The van der Waals surface area contributed by atoms with Gasteiger partial charge in [0, 0.05) is 18.3 Å². The van der Waals surface area contributed by atoms with Crippen LogP contribution in [0.3, 0.4) is 0 Å². The van der Waals surface area contributed by atoms with Crippen LogP contribution < -0.4 is 10.6 Å². The summed E-state index contributed by atoms with van der Waals surface area (Å²) in [7, 11) is 0. The van der Waals surface area contributed by atoms with Gasteiger partial charge in [0.1, 0.15) is 5.82 Å². The Bertz CT molecular complexity index is 370. The lowest BCUT2D eigenvalue weighted by Crippen LogP contribution is -2.19. The van der Waals surface area contributed by atoms with Crippen LogP contribution in [-0.4, -0.2) is 17.6 Å². The van der Waals surface area contributed by atoms with Gasteiger partial charge in [0.05, 0.1) is 0 Å². The Labute approximate surface area is 104 Å². The van der Waals surface area contributed by atoms with Crippen LogP contribution in [0.1, 0.15) is 37.9 Å². The smallest absolute Gasteiger partial charge is 0.126 e. The SMILES string of the molecule is Cc1nc(NC2CC2)ccc1CNCC(C)C. The fourth-order valence-corrected chi connectivity index (χ4v) is 1.79. The molecule has 0 aliphatic heterocycles. The van der Waals surface area contributed by atoms with Gasteiger partial charge in [-0.25, -0.2) is 4.98 Å². The highest BCUT2D eigenvalue weighted by Gasteiger charge is 2.21. The molecule has 3 nitrogen and oxygen atoms in total. The molecule has 2 rings (SSSR count). The summed E-state index contributed by atoms with van der Waals surface area (Å²) >= 11 is 0. The number of pyridine rings is 1. The van der Waals surface area contributed by atoms with Crippen molar-refractivity contribution >= 4 is 5.82 Å². The van der Waals surface area contributed by atoms with E-state index in [1.54, 1.807) is 0 Å². The lowest BCUT2D eigenvalue weighted by molar-refractivity contribution is 0.551. The first-order valence-corrected chi connectivity index (χ1v) is 6.59. The standard InChI is InChI=1S/C14H23N3/c1-10(2)8-15-9-12-4-7-14(16-11(12)3)17-13-5-6-13/h4,7,10,13,15H,5-6,8-9H2,1-3H3,(H,16,17). The molecule has 0 amide bonds. The third kappa shape index (κ3) is 4.00. The normalized spacial score (nSPS) is 15.3. The molecule has 3 heteroatoms. The fraction of sp³-hybridized carbons (Fsp3) is 0.643. The summed E-state index contributed by atoms with van der Waals surface area (Å²) < 4.78 is 0. The Kier molecular flexibility index (Phi) is 4.00. The molecule has 0 saturated heterocycles. The van der Waals surface area contributed by atoms with Gasteiger partial charge < -0.3 is 10.6 Å². The van der Waals surface area contributed by atoms with Crippen LogP contribution in [0.25, 0.3) is 0 Å². The zero-order valence-electron chi connectivity index (χ0n) is 11.1. The molecule has 1 aromatic rings. The highest BCUT2D eigenvalue weighted by molar-refractivity contribution is 5.40. The largest absolute Gasteiger partial charge is 0.367 e.